The van der Waals surface area contributed by atoms with Crippen molar-refractivity contribution in [2.24, 2.45) is 12.5 Å². The highest BCUT2D eigenvalue weighted by Crippen LogP contribution is 2.78. The van der Waals surface area contributed by atoms with E-state index in [4.69, 9.17) is 16.6 Å². The molecule has 0 radical (unpaired) electrons. The Morgan fingerprint density at radius 3 is 2.49 bits per heavy atom. The van der Waals surface area contributed by atoms with Crippen LogP contribution in [0.25, 0.3) is 10.9 Å². The molecule has 35 heavy (non-hydrogen) atoms. The van der Waals surface area contributed by atoms with E-state index < -0.39 is 29.0 Å². The van der Waals surface area contributed by atoms with E-state index in [1.165, 1.54) is 16.7 Å². The van der Waals surface area contributed by atoms with Gasteiger partial charge in [-0.05, 0) is 56.9 Å². The fourth-order valence-electron chi connectivity index (χ4n) is 5.71. The summed E-state index contributed by atoms with van der Waals surface area (Å²) in [6.07, 6.45) is -4.46. The molecule has 2 bridgehead atoms. The minimum atomic E-state index is -4.26. The maximum absolute atomic E-state index is 13.4. The molecule has 1 atom stereocenters. The van der Waals surface area contributed by atoms with E-state index in [0.717, 1.165) is 5.56 Å². The van der Waals surface area contributed by atoms with Gasteiger partial charge in [-0.1, -0.05) is 17.7 Å². The first-order valence-electron chi connectivity index (χ1n) is 11.0. The Morgan fingerprint density at radius 2 is 1.89 bits per heavy atom. The van der Waals surface area contributed by atoms with Crippen LogP contribution in [0.5, 0.6) is 0 Å². The van der Waals surface area contributed by atoms with Gasteiger partial charge in [0.2, 0.25) is 0 Å². The largest absolute Gasteiger partial charge is 0.476 e. The molecule has 184 valence electrons. The second-order valence-corrected chi connectivity index (χ2v) is 10.2. The van der Waals surface area contributed by atoms with Gasteiger partial charge in [-0.3, -0.25) is 9.36 Å². The number of carboxylic acid groups (broad SMARTS) is 1. The minimum Gasteiger partial charge on any atom is -0.476 e. The number of halogens is 4. The first kappa shape index (κ1) is 23.6. The SMILES string of the molecule is Cc1cc([C@@H](C)Nc2ccc(Cl)nc2C(=O)O)c2nc(C34CC(C(F)(F)F)(C3)C4)n(C)c(=O)c2c1. The Kier molecular flexibility index (Phi) is 5.01. The van der Waals surface area contributed by atoms with E-state index in [2.05, 4.69) is 10.3 Å². The van der Waals surface area contributed by atoms with Gasteiger partial charge in [-0.15, -0.1) is 0 Å². The highest BCUT2D eigenvalue weighted by Gasteiger charge is 2.79. The fourth-order valence-corrected chi connectivity index (χ4v) is 5.86. The average molecular weight is 507 g/mol. The number of carbonyl (C=O) groups is 1. The van der Waals surface area contributed by atoms with Gasteiger partial charge in [0, 0.05) is 18.0 Å². The van der Waals surface area contributed by atoms with Gasteiger partial charge in [-0.2, -0.15) is 13.2 Å². The number of aryl methyl sites for hydroxylation is 1. The van der Waals surface area contributed by atoms with Crippen molar-refractivity contribution in [2.45, 2.75) is 50.7 Å². The normalized spacial score (nSPS) is 24.0. The molecule has 0 amide bonds. The summed E-state index contributed by atoms with van der Waals surface area (Å²) >= 11 is 5.85. The Morgan fingerprint density at radius 1 is 1.23 bits per heavy atom. The number of aromatic nitrogens is 3. The van der Waals surface area contributed by atoms with Crippen molar-refractivity contribution >= 4 is 34.2 Å². The lowest BCUT2D eigenvalue weighted by molar-refractivity contribution is -0.339. The molecule has 6 rings (SSSR count). The maximum atomic E-state index is 13.4. The second kappa shape index (κ2) is 7.43. The molecule has 0 saturated heterocycles. The van der Waals surface area contributed by atoms with Gasteiger partial charge in [0.1, 0.15) is 11.0 Å². The number of pyridine rings is 1. The summed E-state index contributed by atoms with van der Waals surface area (Å²) in [5.74, 6) is -0.898. The lowest BCUT2D eigenvalue weighted by Crippen LogP contribution is -2.71. The van der Waals surface area contributed by atoms with Gasteiger partial charge in [0.15, 0.2) is 5.69 Å². The molecule has 2 aromatic heterocycles. The molecule has 0 aliphatic heterocycles. The first-order valence-corrected chi connectivity index (χ1v) is 11.4. The van der Waals surface area contributed by atoms with Crippen LogP contribution >= 0.6 is 11.6 Å². The van der Waals surface area contributed by atoms with Gasteiger partial charge in [-0.25, -0.2) is 14.8 Å². The zero-order valence-electron chi connectivity index (χ0n) is 19.1. The van der Waals surface area contributed by atoms with E-state index in [1.54, 1.807) is 20.0 Å². The van der Waals surface area contributed by atoms with Crippen LogP contribution in [0.1, 0.15) is 59.7 Å². The summed E-state index contributed by atoms with van der Waals surface area (Å²) in [4.78, 5) is 33.5. The number of hydrogen-bond acceptors (Lipinski definition) is 5. The van der Waals surface area contributed by atoms with Crippen LogP contribution in [0.3, 0.4) is 0 Å². The van der Waals surface area contributed by atoms with Crippen LogP contribution in [0.4, 0.5) is 18.9 Å². The van der Waals surface area contributed by atoms with Gasteiger partial charge in [0.05, 0.1) is 28.0 Å². The summed E-state index contributed by atoms with van der Waals surface area (Å²) in [7, 11) is 1.55. The lowest BCUT2D eigenvalue weighted by Gasteiger charge is -2.69. The molecular formula is C24H22ClF3N4O3. The summed E-state index contributed by atoms with van der Waals surface area (Å²) < 4.78 is 41.6. The topological polar surface area (TPSA) is 97.1 Å². The molecule has 7 nitrogen and oxygen atoms in total. The number of benzene rings is 1. The molecular weight excluding hydrogens is 485 g/mol. The summed E-state index contributed by atoms with van der Waals surface area (Å²) in [6.45, 7) is 3.61. The molecule has 0 unspecified atom stereocenters. The number of anilines is 1. The molecule has 3 aliphatic rings. The summed E-state index contributed by atoms with van der Waals surface area (Å²) in [5.41, 5.74) is -0.959. The third-order valence-electron chi connectivity index (χ3n) is 7.36. The van der Waals surface area contributed by atoms with E-state index >= 15 is 0 Å². The molecule has 0 spiro atoms. The van der Waals surface area contributed by atoms with Crippen molar-refractivity contribution in [1.29, 1.82) is 0 Å². The number of carboxylic acids is 1. The summed E-state index contributed by atoms with van der Waals surface area (Å²) in [6, 6.07) is 6.00. The van der Waals surface area contributed by atoms with E-state index in [-0.39, 0.29) is 41.4 Å². The number of aromatic carboxylic acids is 1. The zero-order valence-corrected chi connectivity index (χ0v) is 19.9. The van der Waals surface area contributed by atoms with Gasteiger partial charge < -0.3 is 10.4 Å². The van der Waals surface area contributed by atoms with Crippen LogP contribution in [0.15, 0.2) is 29.1 Å². The lowest BCUT2D eigenvalue weighted by atomic mass is 9.34. The number of nitrogens with zero attached hydrogens (tertiary/aromatic N) is 3. The second-order valence-electron chi connectivity index (χ2n) is 9.84. The highest BCUT2D eigenvalue weighted by molar-refractivity contribution is 6.29. The number of nitrogens with one attached hydrogen (secondary N) is 1. The van der Waals surface area contributed by atoms with Crippen LogP contribution in [0, 0.1) is 12.3 Å². The fraction of sp³-hybridized carbons (Fsp3) is 0.417. The van der Waals surface area contributed by atoms with E-state index in [9.17, 15) is 27.9 Å². The third-order valence-corrected chi connectivity index (χ3v) is 7.57. The number of alkyl halides is 3. The van der Waals surface area contributed by atoms with Crippen molar-refractivity contribution in [1.82, 2.24) is 14.5 Å². The molecule has 1 aromatic carbocycles. The van der Waals surface area contributed by atoms with Crippen LogP contribution in [-0.2, 0) is 12.5 Å². The average Bonchev–Trinajstić information content (AvgIpc) is 2.69. The van der Waals surface area contributed by atoms with Crippen LogP contribution in [0.2, 0.25) is 5.15 Å². The smallest absolute Gasteiger partial charge is 0.394 e. The van der Waals surface area contributed by atoms with Crippen LogP contribution in [-0.4, -0.2) is 31.8 Å². The molecule has 11 heteroatoms. The van der Waals surface area contributed by atoms with Crippen molar-refractivity contribution in [3.8, 4) is 0 Å². The summed E-state index contributed by atoms with van der Waals surface area (Å²) in [5, 5.41) is 13.0. The van der Waals surface area contributed by atoms with Crippen molar-refractivity contribution in [3.05, 3.63) is 62.4 Å². The Hall–Kier alpha value is -3.14. The molecule has 3 saturated carbocycles. The van der Waals surface area contributed by atoms with E-state index in [0.29, 0.717) is 22.3 Å². The molecule has 2 N–H and O–H groups in total. The first-order chi connectivity index (χ1) is 16.3. The predicted molar refractivity (Wildman–Crippen MR) is 124 cm³/mol. The minimum absolute atomic E-state index is 0.0339. The van der Waals surface area contributed by atoms with Crippen molar-refractivity contribution in [3.63, 3.8) is 0 Å². The maximum Gasteiger partial charge on any atom is 0.394 e. The third kappa shape index (κ3) is 3.41. The molecule has 3 fully saturated rings. The molecule has 3 aliphatic carbocycles. The number of rotatable bonds is 5. The predicted octanol–water partition coefficient (Wildman–Crippen LogP) is 5.15. The highest BCUT2D eigenvalue weighted by atomic mass is 35.5. The monoisotopic (exact) mass is 506 g/mol. The zero-order chi connectivity index (χ0) is 25.5. The standard InChI is InChI=1S/C24H22ClF3N4O3/c1-11-6-13(12(2)29-15-4-5-16(25)30-18(15)20(34)35)17-14(7-11)19(33)32(3)21(31-17)22-8-23(9-22,10-22)24(26,27)28/h4-7,12,29H,8-10H2,1-3H3,(H,34,35)/t12-,22?,23?/m1/s1. The Balaban J connectivity index is 1.59. The van der Waals surface area contributed by atoms with Gasteiger partial charge >= 0.3 is 12.1 Å². The quantitative estimate of drug-likeness (QED) is 0.465. The Bertz CT molecular complexity index is 1450. The van der Waals surface area contributed by atoms with Crippen LogP contribution < -0.4 is 10.9 Å². The van der Waals surface area contributed by atoms with Crippen molar-refractivity contribution < 1.29 is 23.1 Å². The molecule has 3 aromatic rings. The van der Waals surface area contributed by atoms with Gasteiger partial charge in [0.25, 0.3) is 5.56 Å². The number of hydrogen-bond donors (Lipinski definition) is 2. The van der Waals surface area contributed by atoms with E-state index in [1.807, 2.05) is 13.0 Å². The Labute approximate surface area is 203 Å². The van der Waals surface area contributed by atoms with Crippen molar-refractivity contribution in [2.75, 3.05) is 5.32 Å². The molecule has 2 heterocycles. The number of fused-ring (bicyclic) bond motifs is 1.